The lowest BCUT2D eigenvalue weighted by Crippen LogP contribution is -2.27. The normalized spacial score (nSPS) is 16.3. The van der Waals surface area contributed by atoms with Crippen molar-refractivity contribution < 1.29 is 19.0 Å². The molecule has 0 aromatic heterocycles. The van der Waals surface area contributed by atoms with Gasteiger partial charge in [0.05, 0.1) is 30.9 Å². The van der Waals surface area contributed by atoms with Crippen LogP contribution in [0, 0.1) is 0 Å². The van der Waals surface area contributed by atoms with Crippen LogP contribution in [0.4, 0.5) is 5.69 Å². The topological polar surface area (TPSA) is 48.0 Å². The lowest BCUT2D eigenvalue weighted by Gasteiger charge is -2.16. The summed E-state index contributed by atoms with van der Waals surface area (Å²) in [4.78, 5) is 15.0. The zero-order valence-electron chi connectivity index (χ0n) is 16.8. The molecule has 0 unspecified atom stereocenters. The molecule has 29 heavy (non-hydrogen) atoms. The molecule has 1 fully saturated rings. The van der Waals surface area contributed by atoms with Crippen LogP contribution in [0.1, 0.15) is 25.8 Å². The SMILES string of the molecule is CC[C@@H](C)Oc1ccc(/C=C2/SC(=S)N(c3ccc(OC)cc3)C2=O)cc1OC. The van der Waals surface area contributed by atoms with Gasteiger partial charge in [0, 0.05) is 0 Å². The molecule has 1 saturated heterocycles. The number of benzene rings is 2. The number of rotatable bonds is 7. The highest BCUT2D eigenvalue weighted by Gasteiger charge is 2.33. The van der Waals surface area contributed by atoms with Gasteiger partial charge in [-0.25, -0.2) is 0 Å². The first kappa shape index (κ1) is 21.2. The number of thiocarbonyl (C=S) groups is 1. The molecule has 0 spiro atoms. The fourth-order valence-corrected chi connectivity index (χ4v) is 4.04. The number of carbonyl (C=O) groups is 1. The molecular formula is C22H23NO4S2. The van der Waals surface area contributed by atoms with Gasteiger partial charge in [0.25, 0.3) is 5.91 Å². The second-order valence-electron chi connectivity index (χ2n) is 6.46. The van der Waals surface area contributed by atoms with Crippen LogP contribution in [-0.2, 0) is 4.79 Å². The maximum absolute atomic E-state index is 12.9. The highest BCUT2D eigenvalue weighted by Crippen LogP contribution is 2.37. The molecule has 0 N–H and O–H groups in total. The first-order valence-electron chi connectivity index (χ1n) is 9.23. The highest BCUT2D eigenvalue weighted by atomic mass is 32.2. The Balaban J connectivity index is 1.85. The van der Waals surface area contributed by atoms with Gasteiger partial charge in [0.1, 0.15) is 5.75 Å². The summed E-state index contributed by atoms with van der Waals surface area (Å²) in [5.41, 5.74) is 1.56. The zero-order valence-corrected chi connectivity index (χ0v) is 18.4. The van der Waals surface area contributed by atoms with Crippen molar-refractivity contribution >= 4 is 46.0 Å². The summed E-state index contributed by atoms with van der Waals surface area (Å²) in [7, 11) is 3.20. The zero-order chi connectivity index (χ0) is 21.0. The largest absolute Gasteiger partial charge is 0.497 e. The summed E-state index contributed by atoms with van der Waals surface area (Å²) >= 11 is 6.71. The number of hydrogen-bond donors (Lipinski definition) is 0. The number of anilines is 1. The number of amides is 1. The number of ether oxygens (including phenoxy) is 3. The fourth-order valence-electron chi connectivity index (χ4n) is 2.74. The summed E-state index contributed by atoms with van der Waals surface area (Å²) in [6.07, 6.45) is 2.81. The van der Waals surface area contributed by atoms with E-state index in [1.165, 1.54) is 16.7 Å². The molecule has 1 atom stereocenters. The van der Waals surface area contributed by atoms with E-state index in [1.807, 2.05) is 43.3 Å². The van der Waals surface area contributed by atoms with Gasteiger partial charge in [-0.1, -0.05) is 37.0 Å². The Morgan fingerprint density at radius 2 is 1.83 bits per heavy atom. The second-order valence-corrected chi connectivity index (χ2v) is 8.14. The summed E-state index contributed by atoms with van der Waals surface area (Å²) in [5.74, 6) is 1.89. The van der Waals surface area contributed by atoms with Crippen molar-refractivity contribution in [2.45, 2.75) is 26.4 Å². The van der Waals surface area contributed by atoms with E-state index in [1.54, 1.807) is 26.4 Å². The van der Waals surface area contributed by atoms with E-state index in [-0.39, 0.29) is 12.0 Å². The molecule has 0 radical (unpaired) electrons. The van der Waals surface area contributed by atoms with Crippen LogP contribution in [0.5, 0.6) is 17.2 Å². The molecule has 1 aliphatic heterocycles. The highest BCUT2D eigenvalue weighted by molar-refractivity contribution is 8.27. The van der Waals surface area contributed by atoms with Gasteiger partial charge in [-0.3, -0.25) is 9.69 Å². The molecule has 1 aliphatic rings. The van der Waals surface area contributed by atoms with Crippen LogP contribution >= 0.6 is 24.0 Å². The van der Waals surface area contributed by atoms with E-state index in [0.717, 1.165) is 17.7 Å². The van der Waals surface area contributed by atoms with E-state index in [2.05, 4.69) is 6.92 Å². The van der Waals surface area contributed by atoms with Gasteiger partial charge >= 0.3 is 0 Å². The predicted molar refractivity (Wildman–Crippen MR) is 122 cm³/mol. The van der Waals surface area contributed by atoms with Crippen LogP contribution in [0.3, 0.4) is 0 Å². The van der Waals surface area contributed by atoms with Crippen LogP contribution < -0.4 is 19.1 Å². The van der Waals surface area contributed by atoms with Gasteiger partial charge in [-0.05, 0) is 61.4 Å². The monoisotopic (exact) mass is 429 g/mol. The number of carbonyl (C=O) groups excluding carboxylic acids is 1. The number of nitrogens with zero attached hydrogens (tertiary/aromatic N) is 1. The van der Waals surface area contributed by atoms with Gasteiger partial charge in [-0.2, -0.15) is 0 Å². The Hall–Kier alpha value is -2.51. The quantitative estimate of drug-likeness (QED) is 0.440. The van der Waals surface area contributed by atoms with Gasteiger partial charge in [0.15, 0.2) is 15.8 Å². The average Bonchev–Trinajstić information content (AvgIpc) is 3.01. The molecule has 1 amide bonds. The molecule has 0 aliphatic carbocycles. The van der Waals surface area contributed by atoms with Crippen LogP contribution in [0.15, 0.2) is 47.4 Å². The molecule has 0 saturated carbocycles. The Kier molecular flexibility index (Phi) is 6.82. The minimum absolute atomic E-state index is 0.0931. The summed E-state index contributed by atoms with van der Waals surface area (Å²) in [5, 5.41) is 0. The van der Waals surface area contributed by atoms with E-state index in [9.17, 15) is 4.79 Å². The third kappa shape index (κ3) is 4.74. The lowest BCUT2D eigenvalue weighted by atomic mass is 10.1. The molecule has 3 rings (SSSR count). The fraction of sp³-hybridized carbons (Fsp3) is 0.273. The van der Waals surface area contributed by atoms with Crippen molar-refractivity contribution in [2.24, 2.45) is 0 Å². The first-order valence-corrected chi connectivity index (χ1v) is 10.5. The van der Waals surface area contributed by atoms with Crippen molar-refractivity contribution in [2.75, 3.05) is 19.1 Å². The van der Waals surface area contributed by atoms with Crippen LogP contribution in [0.2, 0.25) is 0 Å². The minimum atomic E-state index is -0.149. The molecule has 2 aromatic carbocycles. The van der Waals surface area contributed by atoms with Crippen molar-refractivity contribution in [3.05, 3.63) is 52.9 Å². The standard InChI is InChI=1S/C22H23NO4S2/c1-5-14(2)27-18-11-6-15(12-19(18)26-4)13-20-21(24)23(22(28)29-20)16-7-9-17(25-3)10-8-16/h6-14H,5H2,1-4H3/b20-13+/t14-/m1/s1. The molecular weight excluding hydrogens is 406 g/mol. The Morgan fingerprint density at radius 1 is 1.10 bits per heavy atom. The third-order valence-electron chi connectivity index (χ3n) is 4.51. The van der Waals surface area contributed by atoms with Crippen molar-refractivity contribution in [3.63, 3.8) is 0 Å². The van der Waals surface area contributed by atoms with Crippen molar-refractivity contribution in [1.82, 2.24) is 0 Å². The predicted octanol–water partition coefficient (Wildman–Crippen LogP) is 5.29. The summed E-state index contributed by atoms with van der Waals surface area (Å²) in [6, 6.07) is 12.9. The molecule has 7 heteroatoms. The van der Waals surface area contributed by atoms with Crippen molar-refractivity contribution in [1.29, 1.82) is 0 Å². The van der Waals surface area contributed by atoms with Crippen molar-refractivity contribution in [3.8, 4) is 17.2 Å². The number of methoxy groups -OCH3 is 2. The van der Waals surface area contributed by atoms with Crippen LogP contribution in [-0.4, -0.2) is 30.6 Å². The molecule has 0 bridgehead atoms. The summed E-state index contributed by atoms with van der Waals surface area (Å²) in [6.45, 7) is 4.08. The molecule has 5 nitrogen and oxygen atoms in total. The molecule has 152 valence electrons. The lowest BCUT2D eigenvalue weighted by molar-refractivity contribution is -0.113. The van der Waals surface area contributed by atoms with Crippen LogP contribution in [0.25, 0.3) is 6.08 Å². The maximum atomic E-state index is 12.9. The van der Waals surface area contributed by atoms with Gasteiger partial charge in [0.2, 0.25) is 0 Å². The second kappa shape index (κ2) is 9.33. The summed E-state index contributed by atoms with van der Waals surface area (Å²) < 4.78 is 17.0. The van der Waals surface area contributed by atoms with E-state index in [0.29, 0.717) is 26.4 Å². The molecule has 2 aromatic rings. The van der Waals surface area contributed by atoms with E-state index >= 15 is 0 Å². The Labute approximate surface area is 180 Å². The van der Waals surface area contributed by atoms with E-state index < -0.39 is 0 Å². The van der Waals surface area contributed by atoms with Gasteiger partial charge < -0.3 is 14.2 Å². The Morgan fingerprint density at radius 3 is 2.45 bits per heavy atom. The van der Waals surface area contributed by atoms with Gasteiger partial charge in [-0.15, -0.1) is 0 Å². The average molecular weight is 430 g/mol. The minimum Gasteiger partial charge on any atom is -0.497 e. The smallest absolute Gasteiger partial charge is 0.270 e. The number of thioether (sulfide) groups is 1. The maximum Gasteiger partial charge on any atom is 0.270 e. The number of hydrogen-bond acceptors (Lipinski definition) is 6. The van der Waals surface area contributed by atoms with E-state index in [4.69, 9.17) is 26.4 Å². The third-order valence-corrected chi connectivity index (χ3v) is 5.82. The first-order chi connectivity index (χ1) is 14.0. The Bertz CT molecular complexity index is 940. The molecule has 1 heterocycles.